The van der Waals surface area contributed by atoms with E-state index < -0.39 is 16.2 Å². The summed E-state index contributed by atoms with van der Waals surface area (Å²) in [5, 5.41) is 0. The Balaban J connectivity index is 3.77. The monoisotopic (exact) mass is 713 g/mol. The van der Waals surface area contributed by atoms with Gasteiger partial charge < -0.3 is 0 Å². The van der Waals surface area contributed by atoms with Crippen LogP contribution in [0.1, 0.15) is 5.56 Å². The maximum atomic E-state index is 4.02. The average Bonchev–Trinajstić information content (AvgIpc) is 2.52. The number of hydrogen-bond donors (Lipinski definition) is 0. The van der Waals surface area contributed by atoms with Gasteiger partial charge in [0.05, 0.1) is 6.16 Å². The summed E-state index contributed by atoms with van der Waals surface area (Å²) in [6.45, 7) is 12.1. The molecule has 1 aromatic carbocycles. The third-order valence-corrected chi connectivity index (χ3v) is 20.8. The third kappa shape index (κ3) is 4.36. The van der Waals surface area contributed by atoms with Gasteiger partial charge in [-0.15, -0.1) is 0 Å². The first-order valence-electron chi connectivity index (χ1n) is 6.48. The molecule has 126 valence electrons. The van der Waals surface area contributed by atoms with E-state index in [2.05, 4.69) is 127 Å². The maximum Gasteiger partial charge on any atom is 0.209 e. The van der Waals surface area contributed by atoms with E-state index in [9.17, 15) is 0 Å². The highest BCUT2D eigenvalue weighted by molar-refractivity contribution is 9.33. The maximum absolute atomic E-state index is 4.02. The summed E-state index contributed by atoms with van der Waals surface area (Å²) >= 11 is 23.1. The van der Waals surface area contributed by atoms with Crippen molar-refractivity contribution in [3.8, 4) is 0 Å². The predicted octanol–water partition coefficient (Wildman–Crippen LogP) is 9.09. The average molecular weight is 719 g/mol. The number of allylic oxidation sites excluding steroid dienone is 3. The van der Waals surface area contributed by atoms with E-state index in [4.69, 9.17) is 0 Å². The SMILES string of the molecule is C=CC(Br)(Br)[P+](Cc1ccccc1)(C(Br)(Br)C=C)C(Br)(Br)C=C. The smallest absolute Gasteiger partial charge is 0.0971 e. The highest BCUT2D eigenvalue weighted by Crippen LogP contribution is 2.94. The minimum atomic E-state index is -2.18. The Morgan fingerprint density at radius 1 is 0.739 bits per heavy atom. The van der Waals surface area contributed by atoms with Gasteiger partial charge in [0.2, 0.25) is 8.92 Å². The summed E-state index contributed by atoms with van der Waals surface area (Å²) in [5.74, 6) is 0. The molecule has 0 heterocycles. The predicted molar refractivity (Wildman–Crippen MR) is 129 cm³/mol. The van der Waals surface area contributed by atoms with Crippen molar-refractivity contribution in [2.75, 3.05) is 0 Å². The van der Waals surface area contributed by atoms with E-state index >= 15 is 0 Å². The van der Waals surface area contributed by atoms with Crippen molar-refractivity contribution < 1.29 is 0 Å². The van der Waals surface area contributed by atoms with Gasteiger partial charge in [-0.3, -0.25) is 0 Å². The molecule has 0 fully saturated rings. The molecule has 23 heavy (non-hydrogen) atoms. The van der Waals surface area contributed by atoms with Crippen molar-refractivity contribution in [2.24, 2.45) is 0 Å². The Hall–Kier alpha value is 1.75. The molecule has 0 amide bonds. The van der Waals surface area contributed by atoms with E-state index in [-0.39, 0.29) is 0 Å². The van der Waals surface area contributed by atoms with Crippen LogP contribution in [0.3, 0.4) is 0 Å². The van der Waals surface area contributed by atoms with Gasteiger partial charge >= 0.3 is 0 Å². The molecule has 0 aromatic heterocycles. The van der Waals surface area contributed by atoms with E-state index in [1.54, 1.807) is 0 Å². The number of hydrogen-bond acceptors (Lipinski definition) is 0. The Morgan fingerprint density at radius 2 is 1.09 bits per heavy atom. The molecule has 0 aliphatic rings. The summed E-state index contributed by atoms with van der Waals surface area (Å²) in [7, 11) is -2.18. The lowest BCUT2D eigenvalue weighted by molar-refractivity contribution is 1.23. The van der Waals surface area contributed by atoms with E-state index in [0.29, 0.717) is 0 Å². The highest BCUT2D eigenvalue weighted by atomic mass is 79.9. The van der Waals surface area contributed by atoms with Crippen molar-refractivity contribution in [1.82, 2.24) is 0 Å². The van der Waals surface area contributed by atoms with Crippen LogP contribution in [-0.2, 0) is 6.16 Å². The van der Waals surface area contributed by atoms with Gasteiger partial charge in [-0.25, -0.2) is 0 Å². The second-order valence-electron chi connectivity index (χ2n) is 4.83. The van der Waals surface area contributed by atoms with E-state index in [1.807, 2.05) is 36.4 Å². The van der Waals surface area contributed by atoms with Gasteiger partial charge in [-0.2, -0.15) is 0 Å². The van der Waals surface area contributed by atoms with Crippen molar-refractivity contribution >= 4 is 103 Å². The number of rotatable bonds is 8. The van der Waals surface area contributed by atoms with Crippen LogP contribution in [0.5, 0.6) is 0 Å². The van der Waals surface area contributed by atoms with Crippen LogP contribution in [0.2, 0.25) is 0 Å². The number of alkyl halides is 6. The molecule has 0 aliphatic heterocycles. The van der Waals surface area contributed by atoms with Crippen LogP contribution in [0.15, 0.2) is 68.3 Å². The zero-order chi connectivity index (χ0) is 17.9. The Kier molecular flexibility index (Phi) is 8.55. The fraction of sp³-hybridized carbons (Fsp3) is 0.250. The quantitative estimate of drug-likeness (QED) is 0.143. The first-order chi connectivity index (χ1) is 10.5. The number of benzene rings is 1. The van der Waals surface area contributed by atoms with Crippen LogP contribution < -0.4 is 0 Å². The lowest BCUT2D eigenvalue weighted by atomic mass is 10.2. The van der Waals surface area contributed by atoms with Crippen LogP contribution in [-0.4, -0.2) is 8.92 Å². The molecule has 1 rings (SSSR count). The van der Waals surface area contributed by atoms with Crippen molar-refractivity contribution in [1.29, 1.82) is 0 Å². The van der Waals surface area contributed by atoms with Crippen LogP contribution in [0, 0.1) is 0 Å². The molecular weight excluding hydrogens is 703 g/mol. The first kappa shape index (κ1) is 22.8. The Morgan fingerprint density at radius 3 is 1.39 bits per heavy atom. The van der Waals surface area contributed by atoms with E-state index in [0.717, 1.165) is 6.16 Å². The zero-order valence-electron chi connectivity index (χ0n) is 12.2. The van der Waals surface area contributed by atoms with Gasteiger partial charge in [0, 0.05) is 0 Å². The van der Waals surface area contributed by atoms with Crippen molar-refractivity contribution in [2.45, 2.75) is 15.1 Å². The summed E-state index contributed by atoms with van der Waals surface area (Å²) in [4.78, 5) is 0. The second-order valence-corrected chi connectivity index (χ2v) is 23.3. The fourth-order valence-corrected chi connectivity index (χ4v) is 26.6. The van der Waals surface area contributed by atoms with Gasteiger partial charge in [-0.1, -0.05) is 50.1 Å². The lowest BCUT2D eigenvalue weighted by Crippen LogP contribution is -2.37. The zero-order valence-corrected chi connectivity index (χ0v) is 22.6. The molecule has 0 atom stereocenters. The van der Waals surface area contributed by atoms with E-state index in [1.165, 1.54) is 5.56 Å². The summed E-state index contributed by atoms with van der Waals surface area (Å²) in [5.41, 5.74) is 1.21. The van der Waals surface area contributed by atoms with Crippen LogP contribution >= 0.6 is 103 Å². The molecule has 0 unspecified atom stereocenters. The highest BCUT2D eigenvalue weighted by Gasteiger charge is 2.73. The first-order valence-corrected chi connectivity index (χ1v) is 13.2. The molecular formula is C16H16Br6P+. The van der Waals surface area contributed by atoms with Crippen molar-refractivity contribution in [3.63, 3.8) is 0 Å². The van der Waals surface area contributed by atoms with Crippen LogP contribution in [0.4, 0.5) is 0 Å². The molecule has 0 aliphatic carbocycles. The molecule has 0 bridgehead atoms. The largest absolute Gasteiger partial charge is 0.209 e. The van der Waals surface area contributed by atoms with Crippen molar-refractivity contribution in [3.05, 3.63) is 73.9 Å². The fourth-order valence-electron chi connectivity index (χ4n) is 2.24. The molecule has 0 radical (unpaired) electrons. The molecule has 7 heteroatoms. The van der Waals surface area contributed by atoms with Gasteiger partial charge in [-0.05, 0) is 119 Å². The van der Waals surface area contributed by atoms with Gasteiger partial charge in [0.1, 0.15) is 7.26 Å². The molecule has 0 nitrogen and oxygen atoms in total. The van der Waals surface area contributed by atoms with Gasteiger partial charge in [0.25, 0.3) is 0 Å². The lowest BCUT2D eigenvalue weighted by Gasteiger charge is -2.48. The molecule has 1 aromatic rings. The topological polar surface area (TPSA) is 0 Å². The molecule has 0 spiro atoms. The second kappa shape index (κ2) is 8.63. The minimum Gasteiger partial charge on any atom is -0.0971 e. The molecule has 0 saturated heterocycles. The third-order valence-electron chi connectivity index (χ3n) is 3.53. The Bertz CT molecular complexity index is 529. The normalized spacial score (nSPS) is 13.5. The summed E-state index contributed by atoms with van der Waals surface area (Å²) < 4.78 is -1.65. The number of halogens is 6. The summed E-state index contributed by atoms with van der Waals surface area (Å²) in [6.07, 6.45) is 6.38. The summed E-state index contributed by atoms with van der Waals surface area (Å²) in [6, 6.07) is 10.3. The Labute approximate surface area is 189 Å². The standard InChI is InChI=1S/C16H16Br6P/c1-4-14(17,18)23(15(19,20)5-2,16(21,22)6-3)12-13-10-8-7-9-11-13/h4-11H,1-3,12H2/q+1. The van der Waals surface area contributed by atoms with Crippen LogP contribution in [0.25, 0.3) is 0 Å². The van der Waals surface area contributed by atoms with Gasteiger partial charge in [0.15, 0.2) is 0 Å². The molecule has 0 saturated carbocycles. The molecule has 0 N–H and O–H groups in total. The minimum absolute atomic E-state index is 0.550.